The van der Waals surface area contributed by atoms with Crippen LogP contribution < -0.4 is 16.0 Å². The van der Waals surface area contributed by atoms with E-state index in [0.29, 0.717) is 6.04 Å². The highest BCUT2D eigenvalue weighted by atomic mass is 16.2. The molecule has 3 N–H and O–H groups in total. The van der Waals surface area contributed by atoms with Crippen molar-refractivity contribution in [1.82, 2.24) is 5.32 Å². The van der Waals surface area contributed by atoms with Crippen molar-refractivity contribution in [2.45, 2.75) is 57.4 Å². The van der Waals surface area contributed by atoms with Crippen LogP contribution in [-0.2, 0) is 4.79 Å². The van der Waals surface area contributed by atoms with Gasteiger partial charge in [-0.2, -0.15) is 0 Å². The normalized spacial score (nSPS) is 34.4. The molecule has 6 rings (SSSR count). The van der Waals surface area contributed by atoms with Crippen LogP contribution in [-0.4, -0.2) is 18.0 Å². The van der Waals surface area contributed by atoms with Crippen molar-refractivity contribution in [3.05, 3.63) is 24.3 Å². The zero-order chi connectivity index (χ0) is 17.7. The van der Waals surface area contributed by atoms with Gasteiger partial charge in [-0.15, -0.1) is 0 Å². The number of carbonyl (C=O) groups excluding carboxylic acids is 2. The smallest absolute Gasteiger partial charge is 0.319 e. The summed E-state index contributed by atoms with van der Waals surface area (Å²) < 4.78 is 0. The lowest BCUT2D eigenvalue weighted by molar-refractivity contribution is -0.140. The topological polar surface area (TPSA) is 70.2 Å². The van der Waals surface area contributed by atoms with Crippen molar-refractivity contribution in [1.29, 1.82) is 0 Å². The molecule has 0 aliphatic heterocycles. The third-order valence-corrected chi connectivity index (χ3v) is 6.83. The maximum absolute atomic E-state index is 13.1. The summed E-state index contributed by atoms with van der Waals surface area (Å²) in [6, 6.07) is 7.64. The van der Waals surface area contributed by atoms with E-state index in [2.05, 4.69) is 16.0 Å². The van der Waals surface area contributed by atoms with Gasteiger partial charge in [-0.05, 0) is 93.4 Å². The second-order valence-electron chi connectivity index (χ2n) is 9.10. The molecular weight excluding hydrogens is 326 g/mol. The number of rotatable bonds is 4. The molecule has 0 aromatic heterocycles. The lowest BCUT2D eigenvalue weighted by Crippen LogP contribution is -2.51. The first-order valence-corrected chi connectivity index (χ1v) is 10.1. The van der Waals surface area contributed by atoms with E-state index in [1.54, 1.807) is 0 Å². The number of carbonyl (C=O) groups is 2. The summed E-state index contributed by atoms with van der Waals surface area (Å²) in [5.74, 6) is 2.51. The van der Waals surface area contributed by atoms with Crippen LogP contribution in [0.3, 0.4) is 0 Å². The predicted molar refractivity (Wildman–Crippen MR) is 101 cm³/mol. The summed E-state index contributed by atoms with van der Waals surface area (Å²) in [6.45, 7) is 0. The van der Waals surface area contributed by atoms with E-state index >= 15 is 0 Å². The van der Waals surface area contributed by atoms with E-state index in [9.17, 15) is 9.59 Å². The minimum atomic E-state index is -0.155. The fourth-order valence-electron chi connectivity index (χ4n) is 5.87. The number of hydrogen-bond donors (Lipinski definition) is 3. The number of anilines is 2. The van der Waals surface area contributed by atoms with Gasteiger partial charge in [-0.3, -0.25) is 4.79 Å². The van der Waals surface area contributed by atoms with Crippen LogP contribution in [0, 0.1) is 23.2 Å². The minimum absolute atomic E-state index is 0.129. The standard InChI is InChI=1S/C21H27N3O2/c25-19(21-10-13-7-14(11-21)9-15(8-13)12-21)22-16-1-3-17(4-2-16)23-20(26)24-18-5-6-18/h1-4,13-15,18H,5-12H2,(H,22,25)(H2,23,24,26). The summed E-state index contributed by atoms with van der Waals surface area (Å²) in [5, 5.41) is 8.90. The van der Waals surface area contributed by atoms with Gasteiger partial charge in [0.15, 0.2) is 0 Å². The minimum Gasteiger partial charge on any atom is -0.335 e. The second-order valence-corrected chi connectivity index (χ2v) is 9.10. The van der Waals surface area contributed by atoms with Gasteiger partial charge in [0.2, 0.25) is 5.91 Å². The van der Waals surface area contributed by atoms with Gasteiger partial charge >= 0.3 is 6.03 Å². The summed E-state index contributed by atoms with van der Waals surface area (Å²) in [4.78, 5) is 24.9. The molecule has 5 saturated carbocycles. The van der Waals surface area contributed by atoms with Crippen LogP contribution in [0.4, 0.5) is 16.2 Å². The van der Waals surface area contributed by atoms with Crippen molar-refractivity contribution >= 4 is 23.3 Å². The van der Waals surface area contributed by atoms with Gasteiger partial charge in [-0.1, -0.05) is 0 Å². The molecule has 5 aliphatic rings. The average molecular weight is 353 g/mol. The quantitative estimate of drug-likeness (QED) is 0.762. The van der Waals surface area contributed by atoms with Crippen molar-refractivity contribution in [3.8, 4) is 0 Å². The van der Waals surface area contributed by atoms with E-state index in [0.717, 1.165) is 61.2 Å². The highest BCUT2D eigenvalue weighted by Gasteiger charge is 2.54. The van der Waals surface area contributed by atoms with Gasteiger partial charge < -0.3 is 16.0 Å². The molecule has 1 aromatic rings. The van der Waals surface area contributed by atoms with Gasteiger partial charge in [0.1, 0.15) is 0 Å². The molecule has 0 unspecified atom stereocenters. The highest BCUT2D eigenvalue weighted by molar-refractivity contribution is 5.96. The van der Waals surface area contributed by atoms with E-state index in [1.807, 2.05) is 24.3 Å². The highest BCUT2D eigenvalue weighted by Crippen LogP contribution is 2.60. The number of hydrogen-bond acceptors (Lipinski definition) is 2. The van der Waals surface area contributed by atoms with Crippen LogP contribution in [0.1, 0.15) is 51.4 Å². The first kappa shape index (κ1) is 16.2. The maximum atomic E-state index is 13.1. The zero-order valence-corrected chi connectivity index (χ0v) is 15.1. The number of benzene rings is 1. The van der Waals surface area contributed by atoms with Crippen LogP contribution in [0.15, 0.2) is 24.3 Å². The number of nitrogens with one attached hydrogen (secondary N) is 3. The summed E-state index contributed by atoms with van der Waals surface area (Å²) >= 11 is 0. The Labute approximate surface area is 154 Å². The Morgan fingerprint density at radius 3 is 1.81 bits per heavy atom. The third-order valence-electron chi connectivity index (χ3n) is 6.83. The number of urea groups is 1. The molecule has 5 aliphatic carbocycles. The Hall–Kier alpha value is -2.04. The van der Waals surface area contributed by atoms with Gasteiger partial charge in [0, 0.05) is 17.4 Å². The Balaban J connectivity index is 1.22. The second kappa shape index (κ2) is 6.00. The average Bonchev–Trinajstić information content (AvgIpc) is 3.39. The predicted octanol–water partition coefficient (Wildman–Crippen LogP) is 4.13. The molecule has 0 heterocycles. The van der Waals surface area contributed by atoms with Gasteiger partial charge in [-0.25, -0.2) is 4.79 Å². The molecule has 5 fully saturated rings. The van der Waals surface area contributed by atoms with E-state index in [4.69, 9.17) is 0 Å². The van der Waals surface area contributed by atoms with E-state index in [1.165, 1.54) is 19.3 Å². The largest absolute Gasteiger partial charge is 0.335 e. The maximum Gasteiger partial charge on any atom is 0.319 e. The lowest BCUT2D eigenvalue weighted by Gasteiger charge is -2.55. The molecule has 0 atom stereocenters. The van der Waals surface area contributed by atoms with Crippen LogP contribution >= 0.6 is 0 Å². The Morgan fingerprint density at radius 1 is 0.808 bits per heavy atom. The number of amides is 3. The third kappa shape index (κ3) is 3.08. The summed E-state index contributed by atoms with van der Waals surface area (Å²) in [7, 11) is 0. The monoisotopic (exact) mass is 353 g/mol. The molecular formula is C21H27N3O2. The molecule has 138 valence electrons. The van der Waals surface area contributed by atoms with Crippen molar-refractivity contribution in [3.63, 3.8) is 0 Å². The van der Waals surface area contributed by atoms with E-state index in [-0.39, 0.29) is 17.4 Å². The van der Waals surface area contributed by atoms with Gasteiger partial charge in [0.05, 0.1) is 5.41 Å². The summed E-state index contributed by atoms with van der Waals surface area (Å²) in [6.07, 6.45) is 9.40. The Morgan fingerprint density at radius 2 is 1.31 bits per heavy atom. The van der Waals surface area contributed by atoms with Crippen LogP contribution in [0.5, 0.6) is 0 Å². The Kier molecular flexibility index (Phi) is 3.73. The molecule has 3 amide bonds. The van der Waals surface area contributed by atoms with Crippen LogP contribution in [0.2, 0.25) is 0 Å². The van der Waals surface area contributed by atoms with Crippen molar-refractivity contribution < 1.29 is 9.59 Å². The fraction of sp³-hybridized carbons (Fsp3) is 0.619. The molecule has 4 bridgehead atoms. The fourth-order valence-corrected chi connectivity index (χ4v) is 5.87. The Bertz CT molecular complexity index is 688. The van der Waals surface area contributed by atoms with Crippen molar-refractivity contribution in [2.24, 2.45) is 23.2 Å². The van der Waals surface area contributed by atoms with Crippen LogP contribution in [0.25, 0.3) is 0 Å². The molecule has 0 spiro atoms. The first-order valence-electron chi connectivity index (χ1n) is 10.1. The molecule has 5 nitrogen and oxygen atoms in total. The lowest BCUT2D eigenvalue weighted by atomic mass is 9.49. The molecule has 1 aromatic carbocycles. The molecule has 26 heavy (non-hydrogen) atoms. The molecule has 5 heteroatoms. The molecule has 0 radical (unpaired) electrons. The van der Waals surface area contributed by atoms with E-state index < -0.39 is 0 Å². The van der Waals surface area contributed by atoms with Crippen molar-refractivity contribution in [2.75, 3.05) is 10.6 Å². The SMILES string of the molecule is O=C(Nc1ccc(NC(=O)C23CC4CC(CC(C4)C2)C3)cc1)NC1CC1. The molecule has 0 saturated heterocycles. The zero-order valence-electron chi connectivity index (χ0n) is 15.1. The summed E-state index contributed by atoms with van der Waals surface area (Å²) in [5.41, 5.74) is 1.44. The first-order chi connectivity index (χ1) is 12.6. The van der Waals surface area contributed by atoms with Gasteiger partial charge in [0.25, 0.3) is 0 Å².